The zero-order chi connectivity index (χ0) is 9.68. The topological polar surface area (TPSA) is 63.1 Å². The fourth-order valence-corrected chi connectivity index (χ4v) is 1.41. The first-order valence-electron chi connectivity index (χ1n) is 3.93. The van der Waals surface area contributed by atoms with Crippen molar-refractivity contribution in [2.45, 2.75) is 18.5 Å². The zero-order valence-electron chi connectivity index (χ0n) is 7.23. The summed E-state index contributed by atoms with van der Waals surface area (Å²) >= 11 is 1.47. The van der Waals surface area contributed by atoms with Gasteiger partial charge in [-0.25, -0.2) is 14.8 Å². The van der Waals surface area contributed by atoms with Gasteiger partial charge in [-0.1, -0.05) is 18.7 Å². The smallest absolute Gasteiger partial charge is 0.354 e. The van der Waals surface area contributed by atoms with Crippen molar-refractivity contribution in [3.63, 3.8) is 0 Å². The lowest BCUT2D eigenvalue weighted by molar-refractivity contribution is 0.0689. The summed E-state index contributed by atoms with van der Waals surface area (Å²) in [5.74, 6) is -0.107. The van der Waals surface area contributed by atoms with E-state index in [1.807, 2.05) is 6.92 Å². The van der Waals surface area contributed by atoms with Crippen LogP contribution in [0, 0.1) is 0 Å². The van der Waals surface area contributed by atoms with E-state index in [1.54, 1.807) is 0 Å². The van der Waals surface area contributed by atoms with Gasteiger partial charge in [0, 0.05) is 11.9 Å². The van der Waals surface area contributed by atoms with E-state index in [9.17, 15) is 4.79 Å². The van der Waals surface area contributed by atoms with Crippen LogP contribution in [0.2, 0.25) is 0 Å². The summed E-state index contributed by atoms with van der Waals surface area (Å²) in [6.45, 7) is 2.05. The van der Waals surface area contributed by atoms with Gasteiger partial charge < -0.3 is 5.11 Å². The number of rotatable bonds is 4. The van der Waals surface area contributed by atoms with E-state index >= 15 is 0 Å². The van der Waals surface area contributed by atoms with Crippen molar-refractivity contribution in [1.29, 1.82) is 0 Å². The van der Waals surface area contributed by atoms with Gasteiger partial charge in [0.15, 0.2) is 10.9 Å². The zero-order valence-corrected chi connectivity index (χ0v) is 8.04. The predicted octanol–water partition coefficient (Wildman–Crippen LogP) is 1.68. The fraction of sp³-hybridized carbons (Fsp3) is 0.375. The Morgan fingerprint density at radius 2 is 2.46 bits per heavy atom. The highest BCUT2D eigenvalue weighted by atomic mass is 32.2. The van der Waals surface area contributed by atoms with Crippen LogP contribution in [-0.4, -0.2) is 26.8 Å². The summed E-state index contributed by atoms with van der Waals surface area (Å²) in [4.78, 5) is 18.3. The summed E-state index contributed by atoms with van der Waals surface area (Å²) in [6, 6.07) is 1.39. The molecule has 70 valence electrons. The van der Waals surface area contributed by atoms with Gasteiger partial charge in [-0.15, -0.1) is 0 Å². The maximum atomic E-state index is 10.5. The Labute approximate surface area is 80.4 Å². The maximum absolute atomic E-state index is 10.5. The van der Waals surface area contributed by atoms with E-state index in [4.69, 9.17) is 5.11 Å². The number of nitrogens with zero attached hydrogens (tertiary/aromatic N) is 2. The van der Waals surface area contributed by atoms with Crippen LogP contribution in [0.3, 0.4) is 0 Å². The molecule has 0 saturated heterocycles. The highest BCUT2D eigenvalue weighted by Gasteiger charge is 2.05. The van der Waals surface area contributed by atoms with Crippen LogP contribution in [0.25, 0.3) is 0 Å². The van der Waals surface area contributed by atoms with Gasteiger partial charge >= 0.3 is 5.97 Å². The van der Waals surface area contributed by atoms with E-state index in [-0.39, 0.29) is 5.69 Å². The van der Waals surface area contributed by atoms with Crippen LogP contribution in [0.4, 0.5) is 0 Å². The Balaban J connectivity index is 2.73. The van der Waals surface area contributed by atoms with Gasteiger partial charge in [-0.05, 0) is 12.5 Å². The van der Waals surface area contributed by atoms with Gasteiger partial charge in [-0.3, -0.25) is 0 Å². The van der Waals surface area contributed by atoms with E-state index < -0.39 is 5.97 Å². The van der Waals surface area contributed by atoms with Crippen LogP contribution >= 0.6 is 11.8 Å². The number of thioether (sulfide) groups is 1. The predicted molar refractivity (Wildman–Crippen MR) is 50.0 cm³/mol. The minimum absolute atomic E-state index is 0.0496. The van der Waals surface area contributed by atoms with Crippen molar-refractivity contribution in [1.82, 2.24) is 9.97 Å². The Bertz CT molecular complexity index is 304. The third-order valence-electron chi connectivity index (χ3n) is 1.29. The molecule has 5 heteroatoms. The Kier molecular flexibility index (Phi) is 3.70. The first-order chi connectivity index (χ1) is 6.24. The van der Waals surface area contributed by atoms with Crippen molar-refractivity contribution >= 4 is 17.7 Å². The lowest BCUT2D eigenvalue weighted by Crippen LogP contribution is -2.01. The van der Waals surface area contributed by atoms with Gasteiger partial charge in [0.2, 0.25) is 0 Å². The van der Waals surface area contributed by atoms with Crippen LogP contribution in [0.15, 0.2) is 17.4 Å². The molecular formula is C8H10N2O2S. The van der Waals surface area contributed by atoms with Crippen molar-refractivity contribution in [2.75, 3.05) is 5.75 Å². The van der Waals surface area contributed by atoms with Crippen molar-refractivity contribution in [2.24, 2.45) is 0 Å². The lowest BCUT2D eigenvalue weighted by atomic mass is 10.4. The second-order valence-electron chi connectivity index (χ2n) is 2.38. The molecule has 13 heavy (non-hydrogen) atoms. The first kappa shape index (κ1) is 9.98. The van der Waals surface area contributed by atoms with E-state index in [0.29, 0.717) is 5.16 Å². The molecule has 0 unspecified atom stereocenters. The molecule has 1 aromatic heterocycles. The average molecular weight is 198 g/mol. The number of hydrogen-bond acceptors (Lipinski definition) is 4. The normalized spacial score (nSPS) is 9.92. The van der Waals surface area contributed by atoms with Gasteiger partial charge in [-0.2, -0.15) is 0 Å². The number of carboxylic acids is 1. The van der Waals surface area contributed by atoms with Gasteiger partial charge in [0.1, 0.15) is 0 Å². The molecule has 0 spiro atoms. The monoisotopic (exact) mass is 198 g/mol. The number of hydrogen-bond donors (Lipinski definition) is 1. The second-order valence-corrected chi connectivity index (χ2v) is 3.44. The van der Waals surface area contributed by atoms with Crippen LogP contribution in [0.1, 0.15) is 23.8 Å². The molecule has 0 aliphatic heterocycles. The third-order valence-corrected chi connectivity index (χ3v) is 2.36. The van der Waals surface area contributed by atoms with Crippen molar-refractivity contribution in [3.8, 4) is 0 Å². The lowest BCUT2D eigenvalue weighted by Gasteiger charge is -1.98. The molecular weight excluding hydrogens is 188 g/mol. The molecule has 0 amide bonds. The minimum atomic E-state index is -1.01. The Morgan fingerprint density at radius 1 is 1.69 bits per heavy atom. The van der Waals surface area contributed by atoms with Gasteiger partial charge in [0.25, 0.3) is 0 Å². The van der Waals surface area contributed by atoms with Gasteiger partial charge in [0.05, 0.1) is 0 Å². The largest absolute Gasteiger partial charge is 0.477 e. The van der Waals surface area contributed by atoms with Crippen LogP contribution in [-0.2, 0) is 0 Å². The first-order valence-corrected chi connectivity index (χ1v) is 4.91. The van der Waals surface area contributed by atoms with E-state index in [0.717, 1.165) is 12.2 Å². The molecule has 1 aromatic rings. The Hall–Kier alpha value is -1.10. The Morgan fingerprint density at radius 3 is 3.08 bits per heavy atom. The highest BCUT2D eigenvalue weighted by molar-refractivity contribution is 7.99. The molecule has 0 saturated carbocycles. The number of carboxylic acid groups (broad SMARTS) is 1. The molecule has 0 aromatic carbocycles. The van der Waals surface area contributed by atoms with Crippen LogP contribution < -0.4 is 0 Å². The molecule has 4 nitrogen and oxygen atoms in total. The van der Waals surface area contributed by atoms with E-state index in [1.165, 1.54) is 24.0 Å². The molecule has 0 radical (unpaired) electrons. The van der Waals surface area contributed by atoms with Crippen molar-refractivity contribution in [3.05, 3.63) is 18.0 Å². The molecule has 0 fully saturated rings. The summed E-state index contributed by atoms with van der Waals surface area (Å²) in [7, 11) is 0. The van der Waals surface area contributed by atoms with Crippen LogP contribution in [0.5, 0.6) is 0 Å². The molecule has 1 rings (SSSR count). The summed E-state index contributed by atoms with van der Waals surface area (Å²) in [6.07, 6.45) is 2.49. The third kappa shape index (κ3) is 3.02. The quantitative estimate of drug-likeness (QED) is 0.589. The molecule has 1 heterocycles. The van der Waals surface area contributed by atoms with E-state index in [2.05, 4.69) is 9.97 Å². The fourth-order valence-electron chi connectivity index (χ4n) is 0.723. The molecule has 0 bridgehead atoms. The van der Waals surface area contributed by atoms with Crippen molar-refractivity contribution < 1.29 is 9.90 Å². The summed E-state index contributed by atoms with van der Waals surface area (Å²) < 4.78 is 0. The number of aromatic carboxylic acids is 1. The number of carbonyl (C=O) groups is 1. The average Bonchev–Trinajstić information content (AvgIpc) is 2.15. The highest BCUT2D eigenvalue weighted by Crippen LogP contribution is 2.12. The molecule has 0 aliphatic rings. The summed E-state index contributed by atoms with van der Waals surface area (Å²) in [5.41, 5.74) is 0.0496. The second kappa shape index (κ2) is 4.81. The number of aromatic nitrogens is 2. The standard InChI is InChI=1S/C8H10N2O2S/c1-2-5-13-8-9-4-3-6(10-8)7(11)12/h3-4H,2,5H2,1H3,(H,11,12). The SMILES string of the molecule is CCCSc1nccc(C(=O)O)n1. The molecule has 0 aliphatic carbocycles. The maximum Gasteiger partial charge on any atom is 0.354 e. The molecule has 1 N–H and O–H groups in total. The summed E-state index contributed by atoms with van der Waals surface area (Å²) in [5, 5.41) is 9.16. The minimum Gasteiger partial charge on any atom is -0.477 e. The molecule has 0 atom stereocenters.